The van der Waals surface area contributed by atoms with Gasteiger partial charge in [0.1, 0.15) is 12.7 Å². The predicted octanol–water partition coefficient (Wildman–Crippen LogP) is -0.0999. The summed E-state index contributed by atoms with van der Waals surface area (Å²) in [6.07, 6.45) is 2.34. The van der Waals surface area contributed by atoms with Gasteiger partial charge in [-0.15, -0.1) is 4.89 Å². The van der Waals surface area contributed by atoms with Crippen molar-refractivity contribution in [1.29, 1.82) is 0 Å². The fraction of sp³-hybridized carbons (Fsp3) is 0. The average Bonchev–Trinajstić information content (AvgIpc) is 1.88. The highest BCUT2D eigenvalue weighted by Gasteiger charge is 2.15. The Hall–Kier alpha value is -1.13. The molecule has 7 heteroatoms. The molecule has 10 heavy (non-hydrogen) atoms. The van der Waals surface area contributed by atoms with Crippen LogP contribution in [0.15, 0.2) is 12.7 Å². The van der Waals surface area contributed by atoms with Gasteiger partial charge in [0.15, 0.2) is 0 Å². The van der Waals surface area contributed by atoms with Gasteiger partial charge in [0.2, 0.25) is 0 Å². The van der Waals surface area contributed by atoms with E-state index in [1.807, 2.05) is 0 Å². The Morgan fingerprint density at radius 3 is 2.60 bits per heavy atom. The summed E-state index contributed by atoms with van der Waals surface area (Å²) in [4.78, 5) is 18.5. The molecule has 0 amide bonds. The molecule has 0 aliphatic carbocycles. The summed E-state index contributed by atoms with van der Waals surface area (Å²) >= 11 is 0. The van der Waals surface area contributed by atoms with E-state index in [0.29, 0.717) is 0 Å². The van der Waals surface area contributed by atoms with Crippen LogP contribution in [-0.4, -0.2) is 19.8 Å². The monoisotopic (exact) mass is 160 g/mol. The third-order valence-corrected chi connectivity index (χ3v) is 0.949. The third kappa shape index (κ3) is 2.00. The molecule has 0 fully saturated rings. The summed E-state index contributed by atoms with van der Waals surface area (Å²) in [5, 5.41) is 0. The van der Waals surface area contributed by atoms with Crippen molar-refractivity contribution in [2.24, 2.45) is 0 Å². The van der Waals surface area contributed by atoms with Gasteiger partial charge in [-0.1, -0.05) is 0 Å². The molecular formula is C3H3N3O3P+. The van der Waals surface area contributed by atoms with Crippen molar-refractivity contribution in [3.8, 4) is 6.01 Å². The second-order valence-electron chi connectivity index (χ2n) is 1.25. The van der Waals surface area contributed by atoms with E-state index in [4.69, 9.17) is 4.89 Å². The van der Waals surface area contributed by atoms with Crippen LogP contribution in [0.2, 0.25) is 0 Å². The molecular weight excluding hydrogens is 157 g/mol. The molecule has 1 unspecified atom stereocenters. The Morgan fingerprint density at radius 2 is 2.10 bits per heavy atom. The number of aromatic nitrogens is 3. The normalized spacial score (nSPS) is 10.7. The van der Waals surface area contributed by atoms with Crippen LogP contribution in [0.25, 0.3) is 0 Å². The first-order chi connectivity index (χ1) is 4.79. The van der Waals surface area contributed by atoms with Gasteiger partial charge in [0.05, 0.1) is 0 Å². The second kappa shape index (κ2) is 3.14. The molecule has 1 heterocycles. The Kier molecular flexibility index (Phi) is 2.20. The van der Waals surface area contributed by atoms with E-state index in [1.54, 1.807) is 0 Å². The van der Waals surface area contributed by atoms with Crippen LogP contribution in [0.5, 0.6) is 6.01 Å². The quantitative estimate of drug-likeness (QED) is 0.608. The number of rotatable bonds is 2. The van der Waals surface area contributed by atoms with Crippen LogP contribution in [0.4, 0.5) is 0 Å². The van der Waals surface area contributed by atoms with E-state index in [2.05, 4.69) is 19.5 Å². The summed E-state index contributed by atoms with van der Waals surface area (Å²) in [6, 6.07) is -0.154. The first-order valence-corrected chi connectivity index (χ1v) is 3.38. The van der Waals surface area contributed by atoms with Crippen LogP contribution < -0.4 is 4.52 Å². The van der Waals surface area contributed by atoms with Crippen LogP contribution in [0.3, 0.4) is 0 Å². The predicted molar refractivity (Wildman–Crippen MR) is 30.3 cm³/mol. The molecule has 0 aromatic carbocycles. The third-order valence-electron chi connectivity index (χ3n) is 0.629. The zero-order chi connectivity index (χ0) is 7.40. The standard InChI is InChI=1S/C3H2N3O3P/c7-10(8)9-3-5-1-4-2-6-3/h1-2H/p+1. The van der Waals surface area contributed by atoms with Gasteiger partial charge < -0.3 is 0 Å². The zero-order valence-corrected chi connectivity index (χ0v) is 5.60. The fourth-order valence-electron chi connectivity index (χ4n) is 0.346. The van der Waals surface area contributed by atoms with E-state index in [9.17, 15) is 4.57 Å². The zero-order valence-electron chi connectivity index (χ0n) is 4.71. The first kappa shape index (κ1) is 6.98. The van der Waals surface area contributed by atoms with E-state index < -0.39 is 8.25 Å². The first-order valence-electron chi connectivity index (χ1n) is 2.25. The molecule has 1 atom stereocenters. The molecule has 0 saturated carbocycles. The highest BCUT2D eigenvalue weighted by atomic mass is 31.1. The molecule has 1 rings (SSSR count). The van der Waals surface area contributed by atoms with Crippen molar-refractivity contribution < 1.29 is 14.0 Å². The van der Waals surface area contributed by atoms with Gasteiger partial charge in [0.25, 0.3) is 0 Å². The molecule has 0 aliphatic rings. The highest BCUT2D eigenvalue weighted by molar-refractivity contribution is 7.32. The van der Waals surface area contributed by atoms with Crippen molar-refractivity contribution in [3.63, 3.8) is 0 Å². The second-order valence-corrected chi connectivity index (χ2v) is 1.91. The lowest BCUT2D eigenvalue weighted by atomic mass is 11.0. The van der Waals surface area contributed by atoms with Crippen molar-refractivity contribution in [3.05, 3.63) is 12.7 Å². The Bertz CT molecular complexity index is 228. The lowest BCUT2D eigenvalue weighted by Crippen LogP contribution is -1.88. The van der Waals surface area contributed by atoms with Crippen molar-refractivity contribution >= 4 is 8.25 Å². The molecule has 0 radical (unpaired) electrons. The van der Waals surface area contributed by atoms with Crippen molar-refractivity contribution in [2.45, 2.75) is 0 Å². The topological polar surface area (TPSA) is 85.2 Å². The maximum Gasteiger partial charge on any atom is 0.750 e. The summed E-state index contributed by atoms with van der Waals surface area (Å²) in [5.74, 6) is 0. The Labute approximate surface area is 56.9 Å². The van der Waals surface area contributed by atoms with Crippen molar-refractivity contribution in [2.75, 3.05) is 0 Å². The number of hydrogen-bond acceptors (Lipinski definition) is 5. The van der Waals surface area contributed by atoms with E-state index in [0.717, 1.165) is 0 Å². The SMILES string of the molecule is O=[P+](O)Oc1ncncn1. The molecule has 52 valence electrons. The summed E-state index contributed by atoms with van der Waals surface area (Å²) in [5.41, 5.74) is 0. The van der Waals surface area contributed by atoms with Gasteiger partial charge in [-0.3, -0.25) is 0 Å². The average molecular weight is 160 g/mol. The number of nitrogens with zero attached hydrogens (tertiary/aromatic N) is 3. The minimum absolute atomic E-state index is 0.154. The molecule has 6 nitrogen and oxygen atoms in total. The van der Waals surface area contributed by atoms with Crippen LogP contribution in [-0.2, 0) is 4.57 Å². The van der Waals surface area contributed by atoms with Gasteiger partial charge in [0, 0.05) is 4.57 Å². The van der Waals surface area contributed by atoms with Crippen molar-refractivity contribution in [1.82, 2.24) is 15.0 Å². The smallest absolute Gasteiger partial charge is 0.225 e. The largest absolute Gasteiger partial charge is 0.750 e. The van der Waals surface area contributed by atoms with E-state index >= 15 is 0 Å². The molecule has 1 aromatic rings. The summed E-state index contributed by atoms with van der Waals surface area (Å²) < 4.78 is 14.2. The van der Waals surface area contributed by atoms with E-state index in [-0.39, 0.29) is 6.01 Å². The minimum Gasteiger partial charge on any atom is -0.225 e. The Balaban J connectivity index is 2.67. The van der Waals surface area contributed by atoms with Gasteiger partial charge in [-0.25, -0.2) is 4.98 Å². The van der Waals surface area contributed by atoms with Gasteiger partial charge >= 0.3 is 14.3 Å². The summed E-state index contributed by atoms with van der Waals surface area (Å²) in [6.45, 7) is 0. The molecule has 1 aromatic heterocycles. The lowest BCUT2D eigenvalue weighted by molar-refractivity contribution is 0.395. The molecule has 0 aliphatic heterocycles. The lowest BCUT2D eigenvalue weighted by Gasteiger charge is -1.83. The molecule has 0 saturated heterocycles. The maximum absolute atomic E-state index is 9.99. The van der Waals surface area contributed by atoms with Crippen LogP contribution >= 0.6 is 8.25 Å². The molecule has 0 bridgehead atoms. The summed E-state index contributed by atoms with van der Waals surface area (Å²) in [7, 11) is -2.68. The van der Waals surface area contributed by atoms with Crippen LogP contribution in [0, 0.1) is 0 Å². The van der Waals surface area contributed by atoms with E-state index in [1.165, 1.54) is 12.7 Å². The maximum atomic E-state index is 9.99. The Morgan fingerprint density at radius 1 is 1.50 bits per heavy atom. The molecule has 0 spiro atoms. The van der Waals surface area contributed by atoms with Gasteiger partial charge in [-0.2, -0.15) is 14.5 Å². The van der Waals surface area contributed by atoms with Gasteiger partial charge in [-0.05, 0) is 0 Å². The highest BCUT2D eigenvalue weighted by Crippen LogP contribution is 2.16. The fourth-order valence-corrected chi connectivity index (χ4v) is 0.580. The number of hydrogen-bond donors (Lipinski definition) is 1. The molecule has 1 N–H and O–H groups in total. The minimum atomic E-state index is -2.68. The van der Waals surface area contributed by atoms with Crippen LogP contribution in [0.1, 0.15) is 0 Å².